The van der Waals surface area contributed by atoms with Gasteiger partial charge in [0.15, 0.2) is 0 Å². The molecule has 2 aromatic rings. The Kier molecular flexibility index (Phi) is 7.57. The van der Waals surface area contributed by atoms with Crippen LogP contribution in [0.2, 0.25) is 0 Å². The molecule has 0 N–H and O–H groups in total. The topological polar surface area (TPSA) is 70.2 Å². The molecular weight excluding hydrogens is 453 g/mol. The van der Waals surface area contributed by atoms with Gasteiger partial charge >= 0.3 is 0 Å². The summed E-state index contributed by atoms with van der Waals surface area (Å²) in [6.45, 7) is 3.59. The Balaban J connectivity index is 1.34. The molecule has 2 aliphatic rings. The van der Waals surface area contributed by atoms with E-state index in [0.29, 0.717) is 26.2 Å². The number of carbonyl (C=O) groups is 1. The van der Waals surface area contributed by atoms with E-state index in [0.717, 1.165) is 31.6 Å². The number of rotatable bonds is 8. The molecule has 1 atom stereocenters. The molecule has 3 heterocycles. The normalized spacial score (nSPS) is 20.2. The van der Waals surface area contributed by atoms with Crippen molar-refractivity contribution in [3.8, 4) is 0 Å². The van der Waals surface area contributed by atoms with Gasteiger partial charge in [-0.1, -0.05) is 6.07 Å². The zero-order valence-corrected chi connectivity index (χ0v) is 19.5. The summed E-state index contributed by atoms with van der Waals surface area (Å²) in [7, 11) is -3.70. The molecule has 0 unspecified atom stereocenters. The maximum absolute atomic E-state index is 13.1. The van der Waals surface area contributed by atoms with Crippen LogP contribution in [0.5, 0.6) is 0 Å². The van der Waals surface area contributed by atoms with Crippen molar-refractivity contribution >= 4 is 27.3 Å². The minimum Gasteiger partial charge on any atom is -0.377 e. The molecule has 10 heteroatoms. The first kappa shape index (κ1) is 23.3. The molecule has 0 saturated carbocycles. The molecule has 2 aliphatic heterocycles. The maximum Gasteiger partial charge on any atom is 0.243 e. The minimum atomic E-state index is -3.70. The summed E-state index contributed by atoms with van der Waals surface area (Å²) in [5, 5.41) is 2.03. The van der Waals surface area contributed by atoms with Gasteiger partial charge in [0, 0.05) is 50.8 Å². The van der Waals surface area contributed by atoms with Crippen molar-refractivity contribution in [1.29, 1.82) is 0 Å². The van der Waals surface area contributed by atoms with Crippen LogP contribution in [0.1, 0.15) is 17.7 Å². The van der Waals surface area contributed by atoms with Crippen LogP contribution in [-0.4, -0.2) is 80.4 Å². The van der Waals surface area contributed by atoms with Gasteiger partial charge < -0.3 is 9.64 Å². The van der Waals surface area contributed by atoms with Crippen LogP contribution < -0.4 is 0 Å². The zero-order valence-electron chi connectivity index (χ0n) is 17.9. The third-order valence-electron chi connectivity index (χ3n) is 5.85. The summed E-state index contributed by atoms with van der Waals surface area (Å²) in [5.74, 6) is -0.479. The molecule has 0 spiro atoms. The Morgan fingerprint density at radius 3 is 2.53 bits per heavy atom. The van der Waals surface area contributed by atoms with Crippen molar-refractivity contribution in [2.24, 2.45) is 0 Å². The number of hydrogen-bond acceptors (Lipinski definition) is 6. The van der Waals surface area contributed by atoms with E-state index in [2.05, 4.69) is 11.0 Å². The number of hydrogen-bond donors (Lipinski definition) is 0. The van der Waals surface area contributed by atoms with Crippen molar-refractivity contribution in [1.82, 2.24) is 14.1 Å². The molecule has 0 radical (unpaired) electrons. The van der Waals surface area contributed by atoms with Gasteiger partial charge in [0.05, 0.1) is 17.5 Å². The summed E-state index contributed by atoms with van der Waals surface area (Å²) < 4.78 is 45.9. The van der Waals surface area contributed by atoms with E-state index >= 15 is 0 Å². The smallest absolute Gasteiger partial charge is 0.243 e. The molecule has 7 nitrogen and oxygen atoms in total. The van der Waals surface area contributed by atoms with Gasteiger partial charge in [-0.2, -0.15) is 4.31 Å². The highest BCUT2D eigenvalue weighted by atomic mass is 32.2. The lowest BCUT2D eigenvalue weighted by molar-refractivity contribution is -0.134. The largest absolute Gasteiger partial charge is 0.377 e. The Hall–Kier alpha value is -1.85. The highest BCUT2D eigenvalue weighted by molar-refractivity contribution is 7.89. The van der Waals surface area contributed by atoms with Crippen molar-refractivity contribution in [3.05, 3.63) is 52.5 Å². The molecule has 2 fully saturated rings. The Bertz CT molecular complexity index is 985. The fraction of sp³-hybridized carbons (Fsp3) is 0.500. The van der Waals surface area contributed by atoms with Crippen molar-refractivity contribution in [2.75, 3.05) is 45.9 Å². The molecule has 1 aromatic carbocycles. The number of nitrogens with zero attached hydrogens (tertiary/aromatic N) is 3. The first-order valence-corrected chi connectivity index (χ1v) is 13.1. The van der Waals surface area contributed by atoms with E-state index in [9.17, 15) is 17.6 Å². The van der Waals surface area contributed by atoms with E-state index < -0.39 is 15.8 Å². The highest BCUT2D eigenvalue weighted by Crippen LogP contribution is 2.20. The van der Waals surface area contributed by atoms with Gasteiger partial charge in [0.2, 0.25) is 15.9 Å². The third kappa shape index (κ3) is 5.74. The van der Waals surface area contributed by atoms with E-state index in [1.54, 1.807) is 16.2 Å². The number of benzene rings is 1. The van der Waals surface area contributed by atoms with Crippen LogP contribution >= 0.6 is 11.3 Å². The lowest BCUT2D eigenvalue weighted by Crippen LogP contribution is -2.52. The molecular formula is C22H28FN3O4S2. The second kappa shape index (κ2) is 10.4. The van der Waals surface area contributed by atoms with Crippen LogP contribution in [0.15, 0.2) is 46.7 Å². The summed E-state index contributed by atoms with van der Waals surface area (Å²) in [6.07, 6.45) is 2.21. The summed E-state index contributed by atoms with van der Waals surface area (Å²) in [6, 6.07) is 8.90. The fourth-order valence-corrected chi connectivity index (χ4v) is 6.28. The number of amides is 1. The standard InChI is InChI=1S/C22H28FN3O4S2/c23-18-5-7-21(8-6-18)32(28,29)26-11-9-25(10-12-26)22(27)17-24(15-19-3-1-13-30-19)16-20-4-2-14-31-20/h2,4-8,14,19H,1,3,9-13,15-17H2/t19-/m0/s1. The van der Waals surface area contributed by atoms with Gasteiger partial charge in [-0.05, 0) is 48.6 Å². The number of ether oxygens (including phenoxy) is 1. The summed E-state index contributed by atoms with van der Waals surface area (Å²) >= 11 is 1.67. The second-order valence-corrected chi connectivity index (χ2v) is 11.1. The monoisotopic (exact) mass is 481 g/mol. The molecule has 0 bridgehead atoms. The lowest BCUT2D eigenvalue weighted by atomic mass is 10.2. The molecule has 4 rings (SSSR count). The van der Waals surface area contributed by atoms with Gasteiger partial charge in [-0.25, -0.2) is 12.8 Å². The van der Waals surface area contributed by atoms with Gasteiger partial charge in [-0.3, -0.25) is 9.69 Å². The Morgan fingerprint density at radius 2 is 1.91 bits per heavy atom. The van der Waals surface area contributed by atoms with Crippen LogP contribution in [-0.2, 0) is 26.1 Å². The van der Waals surface area contributed by atoms with Crippen LogP contribution in [0.3, 0.4) is 0 Å². The number of thiophene rings is 1. The first-order chi connectivity index (χ1) is 15.4. The Morgan fingerprint density at radius 1 is 1.16 bits per heavy atom. The highest BCUT2D eigenvalue weighted by Gasteiger charge is 2.31. The predicted octanol–water partition coefficient (Wildman–Crippen LogP) is 2.40. The fourth-order valence-electron chi connectivity index (χ4n) is 4.11. The quantitative estimate of drug-likeness (QED) is 0.579. The van der Waals surface area contributed by atoms with Crippen molar-refractivity contribution in [3.63, 3.8) is 0 Å². The SMILES string of the molecule is O=C(CN(Cc1cccs1)C[C@@H]1CCCO1)N1CCN(S(=O)(=O)c2ccc(F)cc2)CC1. The van der Waals surface area contributed by atoms with E-state index in [1.807, 2.05) is 11.4 Å². The molecule has 2 saturated heterocycles. The zero-order chi connectivity index (χ0) is 22.6. The van der Waals surface area contributed by atoms with Gasteiger partial charge in [0.25, 0.3) is 0 Å². The molecule has 0 aliphatic carbocycles. The molecule has 1 amide bonds. The van der Waals surface area contributed by atoms with E-state index in [1.165, 1.54) is 21.3 Å². The average Bonchev–Trinajstić information content (AvgIpc) is 3.48. The predicted molar refractivity (Wildman–Crippen MR) is 120 cm³/mol. The minimum absolute atomic E-state index is 0.00150. The Labute approximate surface area is 192 Å². The first-order valence-electron chi connectivity index (χ1n) is 10.8. The molecule has 1 aromatic heterocycles. The number of piperazine rings is 1. The summed E-state index contributed by atoms with van der Waals surface area (Å²) in [5.41, 5.74) is 0. The van der Waals surface area contributed by atoms with E-state index in [-0.39, 0.29) is 36.5 Å². The van der Waals surface area contributed by atoms with Crippen LogP contribution in [0.4, 0.5) is 4.39 Å². The summed E-state index contributed by atoms with van der Waals surface area (Å²) in [4.78, 5) is 18.1. The lowest BCUT2D eigenvalue weighted by Gasteiger charge is -2.35. The third-order valence-corrected chi connectivity index (χ3v) is 8.62. The van der Waals surface area contributed by atoms with Gasteiger partial charge in [-0.15, -0.1) is 11.3 Å². The van der Waals surface area contributed by atoms with Crippen molar-refractivity contribution < 1.29 is 22.3 Å². The van der Waals surface area contributed by atoms with Crippen LogP contribution in [0.25, 0.3) is 0 Å². The molecule has 32 heavy (non-hydrogen) atoms. The number of halogens is 1. The molecule has 174 valence electrons. The number of carbonyl (C=O) groups excluding carboxylic acids is 1. The second-order valence-electron chi connectivity index (χ2n) is 8.12. The number of sulfonamides is 1. The van der Waals surface area contributed by atoms with Gasteiger partial charge in [0.1, 0.15) is 5.82 Å². The van der Waals surface area contributed by atoms with E-state index in [4.69, 9.17) is 4.74 Å². The van der Waals surface area contributed by atoms with Crippen molar-refractivity contribution in [2.45, 2.75) is 30.4 Å². The maximum atomic E-state index is 13.1. The average molecular weight is 482 g/mol. The van der Waals surface area contributed by atoms with Crippen LogP contribution in [0, 0.1) is 5.82 Å².